The lowest BCUT2D eigenvalue weighted by atomic mass is 9.83. The van der Waals surface area contributed by atoms with E-state index in [-0.39, 0.29) is 42.6 Å². The fraction of sp³-hybridized carbons (Fsp3) is 0.724. The van der Waals surface area contributed by atoms with Gasteiger partial charge in [0.25, 0.3) is 11.8 Å². The Bertz CT molecular complexity index is 850. The molecule has 10 heteroatoms. The van der Waals surface area contributed by atoms with Crippen LogP contribution in [0.25, 0.3) is 0 Å². The lowest BCUT2D eigenvalue weighted by molar-refractivity contribution is -0.148. The molecule has 0 saturated heterocycles. The Balaban J connectivity index is 0.00000760. The first-order chi connectivity index (χ1) is 18.2. The van der Waals surface area contributed by atoms with Gasteiger partial charge < -0.3 is 35.7 Å². The molecule has 0 aliphatic heterocycles. The highest BCUT2D eigenvalue weighted by molar-refractivity contribution is 5.96. The van der Waals surface area contributed by atoms with Crippen LogP contribution in [0.3, 0.4) is 0 Å². The van der Waals surface area contributed by atoms with Crippen LogP contribution >= 0.6 is 12.4 Å². The van der Waals surface area contributed by atoms with Crippen LogP contribution < -0.4 is 21.1 Å². The maximum Gasteiger partial charge on any atom is 0.255 e. The first-order valence-electron chi connectivity index (χ1n) is 14.0. The smallest absolute Gasteiger partial charge is 0.255 e. The molecule has 1 aliphatic carbocycles. The second kappa shape index (κ2) is 18.4. The van der Waals surface area contributed by atoms with Crippen molar-refractivity contribution < 1.29 is 28.9 Å². The maximum absolute atomic E-state index is 13.0. The number of hydrogen-bond donors (Lipinski definition) is 4. The molecule has 2 rings (SSSR count). The summed E-state index contributed by atoms with van der Waals surface area (Å²) in [6.07, 6.45) is 5.72. The summed E-state index contributed by atoms with van der Waals surface area (Å²) in [4.78, 5) is 25.8. The van der Waals surface area contributed by atoms with E-state index in [0.717, 1.165) is 32.1 Å². The Morgan fingerprint density at radius 1 is 1.03 bits per heavy atom. The van der Waals surface area contributed by atoms with Crippen molar-refractivity contribution >= 4 is 24.2 Å². The Hall–Kier alpha value is -1.91. The largest absolute Gasteiger partial charge is 0.493 e. The van der Waals surface area contributed by atoms with Crippen molar-refractivity contribution in [2.24, 2.45) is 17.6 Å². The van der Waals surface area contributed by atoms with Crippen LogP contribution in [0.2, 0.25) is 0 Å². The molecular formula is C29H50ClN3O6. The number of ether oxygens (including phenoxy) is 3. The number of halogens is 1. The summed E-state index contributed by atoms with van der Waals surface area (Å²) >= 11 is 0. The molecule has 5 N–H and O–H groups in total. The van der Waals surface area contributed by atoms with E-state index in [4.69, 9.17) is 19.9 Å². The second-order valence-corrected chi connectivity index (χ2v) is 10.7. The van der Waals surface area contributed by atoms with Gasteiger partial charge >= 0.3 is 0 Å². The predicted octanol–water partition coefficient (Wildman–Crippen LogP) is 3.46. The number of amides is 2. The van der Waals surface area contributed by atoms with Crippen molar-refractivity contribution in [3.8, 4) is 5.75 Å². The molecule has 0 spiro atoms. The molecule has 9 nitrogen and oxygen atoms in total. The van der Waals surface area contributed by atoms with Crippen LogP contribution in [0, 0.1) is 11.8 Å². The van der Waals surface area contributed by atoms with E-state index < -0.39 is 17.7 Å². The van der Waals surface area contributed by atoms with Crippen LogP contribution in [-0.2, 0) is 14.3 Å². The van der Waals surface area contributed by atoms with Gasteiger partial charge in [-0.15, -0.1) is 12.4 Å². The van der Waals surface area contributed by atoms with Gasteiger partial charge in [0.15, 0.2) is 0 Å². The van der Waals surface area contributed by atoms with Crippen LogP contribution in [0.1, 0.15) is 75.6 Å². The molecule has 1 aromatic carbocycles. The van der Waals surface area contributed by atoms with Gasteiger partial charge in [0.1, 0.15) is 11.4 Å². The Labute approximate surface area is 240 Å². The topological polar surface area (TPSA) is 132 Å². The number of aliphatic hydroxyl groups excluding tert-OH is 1. The van der Waals surface area contributed by atoms with Gasteiger partial charge in [-0.1, -0.05) is 45.2 Å². The summed E-state index contributed by atoms with van der Waals surface area (Å²) < 4.78 is 16.5. The van der Waals surface area contributed by atoms with Crippen LogP contribution in [0.4, 0.5) is 0 Å². The molecule has 39 heavy (non-hydrogen) atoms. The van der Waals surface area contributed by atoms with Gasteiger partial charge in [-0.2, -0.15) is 0 Å². The third-order valence-electron chi connectivity index (χ3n) is 7.61. The molecule has 2 amide bonds. The molecule has 0 bridgehead atoms. The van der Waals surface area contributed by atoms with E-state index >= 15 is 0 Å². The third kappa shape index (κ3) is 11.2. The molecule has 3 atom stereocenters. The summed E-state index contributed by atoms with van der Waals surface area (Å²) in [5.41, 5.74) is 6.02. The molecule has 224 valence electrons. The summed E-state index contributed by atoms with van der Waals surface area (Å²) in [5.74, 6) is 0.442. The molecule has 1 fully saturated rings. The first kappa shape index (κ1) is 35.1. The van der Waals surface area contributed by atoms with Crippen LogP contribution in [0.5, 0.6) is 5.75 Å². The lowest BCUT2D eigenvalue weighted by Gasteiger charge is -2.35. The van der Waals surface area contributed by atoms with Crippen molar-refractivity contribution in [1.82, 2.24) is 10.6 Å². The van der Waals surface area contributed by atoms with Gasteiger partial charge in [0.2, 0.25) is 0 Å². The minimum Gasteiger partial charge on any atom is -0.493 e. The molecular weight excluding hydrogens is 522 g/mol. The van der Waals surface area contributed by atoms with Crippen molar-refractivity contribution in [2.75, 3.05) is 40.5 Å². The molecule has 1 aliphatic rings. The number of aliphatic hydroxyl groups is 1. The van der Waals surface area contributed by atoms with E-state index in [0.29, 0.717) is 50.3 Å². The van der Waals surface area contributed by atoms with Gasteiger partial charge in [-0.05, 0) is 56.1 Å². The van der Waals surface area contributed by atoms with E-state index in [2.05, 4.69) is 24.5 Å². The van der Waals surface area contributed by atoms with E-state index in [1.807, 2.05) is 12.1 Å². The number of para-hydroxylation sites is 1. The molecule has 0 heterocycles. The normalized spacial score (nSPS) is 17.0. The zero-order valence-electron chi connectivity index (χ0n) is 24.1. The van der Waals surface area contributed by atoms with Gasteiger partial charge in [0.05, 0.1) is 18.3 Å². The zero-order valence-corrected chi connectivity index (χ0v) is 24.9. The average Bonchev–Trinajstić information content (AvgIpc) is 2.93. The summed E-state index contributed by atoms with van der Waals surface area (Å²) in [5, 5.41) is 16.6. The quantitative estimate of drug-likeness (QED) is 0.210. The van der Waals surface area contributed by atoms with Crippen LogP contribution in [0.15, 0.2) is 24.3 Å². The fourth-order valence-electron chi connectivity index (χ4n) is 4.88. The number of methoxy groups -OCH3 is 2. The summed E-state index contributed by atoms with van der Waals surface area (Å²) in [6.45, 7) is 5.81. The van der Waals surface area contributed by atoms with Crippen LogP contribution in [-0.4, -0.2) is 75.2 Å². The number of hydrogen-bond acceptors (Lipinski definition) is 7. The Kier molecular flexibility index (Phi) is 16.6. The average molecular weight is 572 g/mol. The highest BCUT2D eigenvalue weighted by Gasteiger charge is 2.39. The van der Waals surface area contributed by atoms with Gasteiger partial charge in [0, 0.05) is 40.0 Å². The maximum atomic E-state index is 13.0. The first-order valence-corrected chi connectivity index (χ1v) is 14.0. The number of benzene rings is 1. The highest BCUT2D eigenvalue weighted by atomic mass is 35.5. The third-order valence-corrected chi connectivity index (χ3v) is 7.61. The summed E-state index contributed by atoms with van der Waals surface area (Å²) in [6, 6.07) is 6.66. The number of rotatable bonds is 17. The predicted molar refractivity (Wildman–Crippen MR) is 155 cm³/mol. The highest BCUT2D eigenvalue weighted by Crippen LogP contribution is 2.31. The van der Waals surface area contributed by atoms with E-state index in [1.165, 1.54) is 0 Å². The van der Waals surface area contributed by atoms with Crippen molar-refractivity contribution in [1.29, 1.82) is 0 Å². The fourth-order valence-corrected chi connectivity index (χ4v) is 4.88. The zero-order chi connectivity index (χ0) is 28.0. The molecule has 0 aromatic heterocycles. The summed E-state index contributed by atoms with van der Waals surface area (Å²) in [7, 11) is 3.24. The Morgan fingerprint density at radius 3 is 2.33 bits per heavy atom. The number of carbonyl (C=O) groups excluding carboxylic acids is 2. The number of nitrogens with one attached hydrogen (secondary N) is 2. The molecule has 1 aromatic rings. The monoisotopic (exact) mass is 571 g/mol. The number of nitrogens with two attached hydrogens (primary N) is 1. The van der Waals surface area contributed by atoms with E-state index in [9.17, 15) is 14.7 Å². The molecule has 1 saturated carbocycles. The number of unbranched alkanes of at least 4 members (excludes halogenated alkanes) is 1. The van der Waals surface area contributed by atoms with Crippen molar-refractivity contribution in [3.63, 3.8) is 0 Å². The van der Waals surface area contributed by atoms with Gasteiger partial charge in [-0.25, -0.2) is 0 Å². The minimum absolute atomic E-state index is 0. The standard InChI is InChI=1S/C29H49N3O6.ClH/c1-21(2)22(18-24(30)25(33)20-32-28(35)29(37-4)14-8-5-9-15-29)19-31-27(34)23-12-6-7-13-26(23)38-17-11-10-16-36-3;/h6-7,12-13,21-22,24-25,33H,5,8-11,14-20,30H2,1-4H3,(H,31,34)(H,32,35);1H. The lowest BCUT2D eigenvalue weighted by Crippen LogP contribution is -2.53. The SMILES string of the molecule is COCCCCOc1ccccc1C(=O)NCC(CC(N)C(O)CNC(=O)C1(OC)CCCCC1)C(C)C.Cl. The molecule has 3 unspecified atom stereocenters. The Morgan fingerprint density at radius 2 is 1.69 bits per heavy atom. The van der Waals surface area contributed by atoms with E-state index in [1.54, 1.807) is 26.4 Å². The van der Waals surface area contributed by atoms with Gasteiger partial charge in [-0.3, -0.25) is 9.59 Å². The second-order valence-electron chi connectivity index (χ2n) is 10.7. The minimum atomic E-state index is -0.902. The molecule has 0 radical (unpaired) electrons. The van der Waals surface area contributed by atoms with Crippen molar-refractivity contribution in [2.45, 2.75) is 83.0 Å². The number of carbonyl (C=O) groups is 2. The van der Waals surface area contributed by atoms with Crippen molar-refractivity contribution in [3.05, 3.63) is 29.8 Å².